The molecular formula is C13H13N3O2S. The van der Waals surface area contributed by atoms with Crippen molar-refractivity contribution < 1.29 is 4.42 Å². The predicted octanol–water partition coefficient (Wildman–Crippen LogP) is 3.02. The summed E-state index contributed by atoms with van der Waals surface area (Å²) in [6.45, 7) is 3.90. The van der Waals surface area contributed by atoms with Crippen molar-refractivity contribution in [3.8, 4) is 10.9 Å². The van der Waals surface area contributed by atoms with Crippen LogP contribution < -0.4 is 5.76 Å². The fourth-order valence-electron chi connectivity index (χ4n) is 1.43. The summed E-state index contributed by atoms with van der Waals surface area (Å²) in [5.41, 5.74) is 1.81. The first kappa shape index (κ1) is 13.2. The summed E-state index contributed by atoms with van der Waals surface area (Å²) in [5, 5.41) is 8.45. The Hall–Kier alpha value is -2.21. The largest absolute Gasteiger partial charge is 0.434 e. The minimum Gasteiger partial charge on any atom is -0.385 e. The number of aromatic amines is 1. The number of nitrogens with one attached hydrogen (secondary N) is 1. The van der Waals surface area contributed by atoms with E-state index >= 15 is 0 Å². The molecule has 0 fully saturated rings. The van der Waals surface area contributed by atoms with Crippen LogP contribution in [-0.2, 0) is 0 Å². The summed E-state index contributed by atoms with van der Waals surface area (Å²) in [6.07, 6.45) is 9.79. The van der Waals surface area contributed by atoms with Crippen molar-refractivity contribution in [2.75, 3.05) is 0 Å². The van der Waals surface area contributed by atoms with Gasteiger partial charge in [-0.25, -0.2) is 14.9 Å². The zero-order valence-corrected chi connectivity index (χ0v) is 11.4. The highest BCUT2D eigenvalue weighted by Crippen LogP contribution is 2.25. The fraction of sp³-hybridized carbons (Fsp3) is 0.154. The lowest BCUT2D eigenvalue weighted by molar-refractivity contribution is 0.526. The number of nitrogens with zero attached hydrogens (tertiary/aromatic N) is 2. The average Bonchev–Trinajstić information content (AvgIpc) is 3.03. The van der Waals surface area contributed by atoms with Crippen LogP contribution in [0, 0.1) is 0 Å². The quantitative estimate of drug-likeness (QED) is 0.870. The van der Waals surface area contributed by atoms with E-state index in [0.717, 1.165) is 11.3 Å². The molecule has 2 aromatic heterocycles. The molecule has 2 aromatic rings. The lowest BCUT2D eigenvalue weighted by Gasteiger charge is -1.94. The highest BCUT2D eigenvalue weighted by molar-refractivity contribution is 7.13. The van der Waals surface area contributed by atoms with Crippen molar-refractivity contribution in [2.45, 2.75) is 13.8 Å². The van der Waals surface area contributed by atoms with Gasteiger partial charge in [-0.1, -0.05) is 30.4 Å². The van der Waals surface area contributed by atoms with E-state index in [9.17, 15) is 4.79 Å². The van der Waals surface area contributed by atoms with E-state index in [4.69, 9.17) is 4.42 Å². The highest BCUT2D eigenvalue weighted by Gasteiger charge is 2.11. The molecule has 0 aromatic carbocycles. The van der Waals surface area contributed by atoms with Gasteiger partial charge in [0, 0.05) is 11.0 Å². The summed E-state index contributed by atoms with van der Waals surface area (Å²) in [7, 11) is 0. The lowest BCUT2D eigenvalue weighted by Crippen LogP contribution is -1.93. The summed E-state index contributed by atoms with van der Waals surface area (Å²) >= 11 is 1.38. The van der Waals surface area contributed by atoms with Gasteiger partial charge in [0.15, 0.2) is 5.01 Å². The third kappa shape index (κ3) is 3.17. The summed E-state index contributed by atoms with van der Waals surface area (Å²) < 4.78 is 4.88. The van der Waals surface area contributed by atoms with Crippen LogP contribution >= 0.6 is 11.3 Å². The molecule has 98 valence electrons. The fourth-order valence-corrected chi connectivity index (χ4v) is 2.18. The number of hydrogen-bond donors (Lipinski definition) is 1. The third-order valence-electron chi connectivity index (χ3n) is 2.24. The Morgan fingerprint density at radius 1 is 1.42 bits per heavy atom. The molecule has 0 aliphatic carbocycles. The maximum Gasteiger partial charge on any atom is 0.434 e. The van der Waals surface area contributed by atoms with Gasteiger partial charge < -0.3 is 4.42 Å². The number of aromatic nitrogens is 3. The Morgan fingerprint density at radius 3 is 2.89 bits per heavy atom. The topological polar surface area (TPSA) is 71.8 Å². The third-order valence-corrected chi connectivity index (χ3v) is 3.07. The zero-order chi connectivity index (χ0) is 13.7. The summed E-state index contributed by atoms with van der Waals surface area (Å²) in [6, 6.07) is 0. The monoisotopic (exact) mass is 275 g/mol. The number of allylic oxidation sites excluding steroid dienone is 6. The van der Waals surface area contributed by atoms with Crippen LogP contribution in [0.2, 0.25) is 0 Å². The van der Waals surface area contributed by atoms with Crippen LogP contribution in [0.5, 0.6) is 0 Å². The molecule has 0 spiro atoms. The molecule has 0 radical (unpaired) electrons. The van der Waals surface area contributed by atoms with E-state index in [1.165, 1.54) is 11.3 Å². The Balaban J connectivity index is 2.36. The van der Waals surface area contributed by atoms with Crippen molar-refractivity contribution in [1.29, 1.82) is 0 Å². The van der Waals surface area contributed by atoms with E-state index in [2.05, 4.69) is 15.2 Å². The van der Waals surface area contributed by atoms with Crippen LogP contribution in [0.25, 0.3) is 16.5 Å². The Bertz CT molecular complexity index is 689. The van der Waals surface area contributed by atoms with Gasteiger partial charge in [0.05, 0.1) is 5.69 Å². The molecule has 1 N–H and O–H groups in total. The normalized spacial score (nSPS) is 12.8. The second-order valence-corrected chi connectivity index (χ2v) is 4.46. The first-order valence-corrected chi connectivity index (χ1v) is 6.60. The molecule has 6 heteroatoms. The Kier molecular flexibility index (Phi) is 4.25. The minimum absolute atomic E-state index is 0.215. The summed E-state index contributed by atoms with van der Waals surface area (Å²) in [5.74, 6) is -0.364. The number of H-pyrrole nitrogens is 1. The van der Waals surface area contributed by atoms with Crippen LogP contribution in [0.15, 0.2) is 45.0 Å². The Morgan fingerprint density at radius 2 is 2.26 bits per heavy atom. The van der Waals surface area contributed by atoms with Crippen LogP contribution in [-0.4, -0.2) is 15.2 Å². The SMILES string of the molecule is C\C=C/C(=C\C=C\C)c1csc(-c2n[nH]c(=O)o2)n1. The summed E-state index contributed by atoms with van der Waals surface area (Å²) in [4.78, 5) is 15.3. The molecule has 2 rings (SSSR count). The number of rotatable bonds is 4. The molecule has 0 bridgehead atoms. The van der Waals surface area contributed by atoms with E-state index < -0.39 is 5.76 Å². The standard InChI is InChI=1S/C13H13N3O2S/c1-3-5-7-9(6-4-2)10-8-19-12(14-10)11-15-16-13(17)18-11/h3-8H,1-2H3,(H,16,17)/b5-3+,6-4-,9-7+. The second-order valence-electron chi connectivity index (χ2n) is 3.60. The molecule has 0 saturated carbocycles. The van der Waals surface area contributed by atoms with Crippen LogP contribution in [0.3, 0.4) is 0 Å². The molecule has 0 saturated heterocycles. The van der Waals surface area contributed by atoms with Crippen molar-refractivity contribution in [3.63, 3.8) is 0 Å². The molecule has 0 aliphatic heterocycles. The van der Waals surface area contributed by atoms with Gasteiger partial charge in [0.1, 0.15) is 0 Å². The zero-order valence-electron chi connectivity index (χ0n) is 10.6. The van der Waals surface area contributed by atoms with Gasteiger partial charge in [0.25, 0.3) is 5.89 Å². The van der Waals surface area contributed by atoms with E-state index in [-0.39, 0.29) is 5.89 Å². The Labute approximate surface area is 114 Å². The van der Waals surface area contributed by atoms with Crippen molar-refractivity contribution in [2.24, 2.45) is 0 Å². The molecule has 5 nitrogen and oxygen atoms in total. The van der Waals surface area contributed by atoms with Gasteiger partial charge in [-0.15, -0.1) is 16.4 Å². The van der Waals surface area contributed by atoms with Gasteiger partial charge >= 0.3 is 5.76 Å². The van der Waals surface area contributed by atoms with Gasteiger partial charge in [-0.3, -0.25) is 0 Å². The first-order chi connectivity index (χ1) is 9.24. The van der Waals surface area contributed by atoms with Crippen LogP contribution in [0.1, 0.15) is 19.5 Å². The molecular weight excluding hydrogens is 262 g/mol. The second kappa shape index (κ2) is 6.10. The number of hydrogen-bond acceptors (Lipinski definition) is 5. The lowest BCUT2D eigenvalue weighted by atomic mass is 10.1. The van der Waals surface area contributed by atoms with Gasteiger partial charge in [-0.2, -0.15) is 0 Å². The van der Waals surface area contributed by atoms with E-state index in [0.29, 0.717) is 5.01 Å². The molecule has 0 unspecified atom stereocenters. The maximum atomic E-state index is 10.9. The van der Waals surface area contributed by atoms with Crippen molar-refractivity contribution >= 4 is 16.9 Å². The predicted molar refractivity (Wildman–Crippen MR) is 75.8 cm³/mol. The smallest absolute Gasteiger partial charge is 0.385 e. The molecule has 19 heavy (non-hydrogen) atoms. The van der Waals surface area contributed by atoms with E-state index in [1.54, 1.807) is 0 Å². The van der Waals surface area contributed by atoms with Crippen molar-refractivity contribution in [3.05, 3.63) is 52.0 Å². The van der Waals surface area contributed by atoms with Crippen LogP contribution in [0.4, 0.5) is 0 Å². The average molecular weight is 275 g/mol. The minimum atomic E-state index is -0.579. The van der Waals surface area contributed by atoms with Crippen molar-refractivity contribution in [1.82, 2.24) is 15.2 Å². The highest BCUT2D eigenvalue weighted by atomic mass is 32.1. The maximum absolute atomic E-state index is 10.9. The molecule has 0 aliphatic rings. The number of thiazole rings is 1. The van der Waals surface area contributed by atoms with E-state index in [1.807, 2.05) is 49.6 Å². The molecule has 2 heterocycles. The molecule has 0 atom stereocenters. The first-order valence-electron chi connectivity index (χ1n) is 5.72. The van der Waals surface area contributed by atoms with Gasteiger partial charge in [0.2, 0.25) is 0 Å². The molecule has 0 amide bonds. The van der Waals surface area contributed by atoms with Gasteiger partial charge in [-0.05, 0) is 13.8 Å².